The van der Waals surface area contributed by atoms with Crippen molar-refractivity contribution in [3.63, 3.8) is 0 Å². The molecule has 2 rings (SSSR count). The summed E-state index contributed by atoms with van der Waals surface area (Å²) in [6.45, 7) is 2.11. The summed E-state index contributed by atoms with van der Waals surface area (Å²) in [6, 6.07) is 17.0. The zero-order valence-corrected chi connectivity index (χ0v) is 12.6. The highest BCUT2D eigenvalue weighted by atomic mass is 35.5. The van der Waals surface area contributed by atoms with Gasteiger partial charge in [0.05, 0.1) is 7.11 Å². The molecule has 0 saturated heterocycles. The van der Waals surface area contributed by atoms with E-state index < -0.39 is 8.80 Å². The van der Waals surface area contributed by atoms with E-state index in [1.165, 1.54) is 15.9 Å². The van der Waals surface area contributed by atoms with Crippen LogP contribution in [0.3, 0.4) is 0 Å². The molecule has 0 aromatic heterocycles. The average molecular weight is 277 g/mol. The van der Waals surface area contributed by atoms with Gasteiger partial charge < -0.3 is 4.74 Å². The van der Waals surface area contributed by atoms with Crippen molar-refractivity contribution in [2.45, 2.75) is 6.92 Å². The summed E-state index contributed by atoms with van der Waals surface area (Å²) in [5, 5.41) is 2.75. The van der Waals surface area contributed by atoms with Crippen LogP contribution in [0.25, 0.3) is 0 Å². The molecule has 2 aromatic rings. The molecule has 0 aliphatic heterocycles. The van der Waals surface area contributed by atoms with E-state index in [1.54, 1.807) is 7.11 Å². The van der Waals surface area contributed by atoms with Gasteiger partial charge in [-0.05, 0) is 19.1 Å². The van der Waals surface area contributed by atoms with Crippen molar-refractivity contribution in [1.82, 2.24) is 0 Å². The van der Waals surface area contributed by atoms with E-state index in [1.807, 2.05) is 12.1 Å². The van der Waals surface area contributed by atoms with Crippen molar-refractivity contribution in [2.75, 3.05) is 12.6 Å². The second-order valence-corrected chi connectivity index (χ2v) is 8.06. The fourth-order valence-electron chi connectivity index (χ4n) is 2.01. The van der Waals surface area contributed by atoms with Crippen LogP contribution >= 0.6 is 11.6 Å². The molecule has 0 heterocycles. The lowest BCUT2D eigenvalue weighted by Crippen LogP contribution is -2.44. The summed E-state index contributed by atoms with van der Waals surface area (Å²) in [6.07, 6.45) is 0. The number of hydrogen-bond acceptors (Lipinski definition) is 1. The van der Waals surface area contributed by atoms with E-state index in [-0.39, 0.29) is 0 Å². The van der Waals surface area contributed by atoms with Crippen LogP contribution in [0.4, 0.5) is 0 Å². The van der Waals surface area contributed by atoms with Crippen molar-refractivity contribution < 1.29 is 4.74 Å². The van der Waals surface area contributed by atoms with E-state index in [0.29, 0.717) is 0 Å². The molecule has 1 nitrogen and oxygen atoms in total. The molecule has 0 bridgehead atoms. The van der Waals surface area contributed by atoms with E-state index in [0.717, 1.165) is 11.3 Å². The molecule has 0 radical (unpaired) electrons. The number of hydrogen-bond donors (Lipinski definition) is 0. The molecule has 1 atom stereocenters. The monoisotopic (exact) mass is 276 g/mol. The molecule has 0 N–H and O–H groups in total. The fraction of sp³-hybridized carbons (Fsp3) is 0.200. The molecule has 18 heavy (non-hydrogen) atoms. The predicted molar refractivity (Wildman–Crippen MR) is 81.3 cm³/mol. The maximum absolute atomic E-state index is 6.18. The quantitative estimate of drug-likeness (QED) is 0.614. The highest BCUT2D eigenvalue weighted by Gasteiger charge is 2.14. The Hall–Kier alpha value is -1.25. The molecule has 94 valence electrons. The van der Waals surface area contributed by atoms with Crippen molar-refractivity contribution in [3.8, 4) is 5.75 Å². The lowest BCUT2D eigenvalue weighted by Gasteiger charge is -2.14. The molecule has 0 amide bonds. The first-order valence-corrected chi connectivity index (χ1v) is 8.51. The SMILES string of the molecule is COc1ccc([SiH](CCl)c2ccc(C)cc2)cc1. The van der Waals surface area contributed by atoms with Gasteiger partial charge in [0.15, 0.2) is 0 Å². The molecular weight excluding hydrogens is 260 g/mol. The summed E-state index contributed by atoms with van der Waals surface area (Å²) < 4.78 is 5.19. The normalized spacial score (nSPS) is 12.2. The van der Waals surface area contributed by atoms with Crippen LogP contribution in [0.1, 0.15) is 5.56 Å². The van der Waals surface area contributed by atoms with Crippen molar-refractivity contribution in [3.05, 3.63) is 54.1 Å². The van der Waals surface area contributed by atoms with Gasteiger partial charge in [-0.1, -0.05) is 52.3 Å². The van der Waals surface area contributed by atoms with Gasteiger partial charge in [0.2, 0.25) is 0 Å². The highest BCUT2D eigenvalue weighted by Crippen LogP contribution is 2.07. The molecular formula is C15H17ClOSi. The predicted octanol–water partition coefficient (Wildman–Crippen LogP) is 2.12. The molecule has 0 fully saturated rings. The third kappa shape index (κ3) is 2.95. The maximum Gasteiger partial charge on any atom is 0.118 e. The number of ether oxygens (including phenoxy) is 1. The number of rotatable bonds is 4. The third-order valence-electron chi connectivity index (χ3n) is 3.15. The van der Waals surface area contributed by atoms with Crippen molar-refractivity contribution >= 4 is 30.8 Å². The van der Waals surface area contributed by atoms with Crippen LogP contribution in [0, 0.1) is 6.92 Å². The van der Waals surface area contributed by atoms with Crippen LogP contribution in [-0.2, 0) is 0 Å². The summed E-state index contributed by atoms with van der Waals surface area (Å²) in [5.74, 6) is 0.893. The Morgan fingerprint density at radius 1 is 0.944 bits per heavy atom. The molecule has 0 spiro atoms. The maximum atomic E-state index is 6.18. The Morgan fingerprint density at radius 2 is 1.44 bits per heavy atom. The molecule has 3 heteroatoms. The Balaban J connectivity index is 2.29. The zero-order chi connectivity index (χ0) is 13.0. The first-order valence-electron chi connectivity index (χ1n) is 6.01. The van der Waals surface area contributed by atoms with Gasteiger partial charge in [-0.2, -0.15) is 0 Å². The minimum Gasteiger partial charge on any atom is -0.497 e. The lowest BCUT2D eigenvalue weighted by atomic mass is 10.2. The van der Waals surface area contributed by atoms with Gasteiger partial charge in [0.1, 0.15) is 14.5 Å². The van der Waals surface area contributed by atoms with Crippen LogP contribution in [0.5, 0.6) is 5.75 Å². The lowest BCUT2D eigenvalue weighted by molar-refractivity contribution is 0.415. The minimum atomic E-state index is -1.27. The molecule has 0 saturated carbocycles. The van der Waals surface area contributed by atoms with E-state index in [2.05, 4.69) is 43.3 Å². The van der Waals surface area contributed by atoms with Crippen LogP contribution in [0.15, 0.2) is 48.5 Å². The van der Waals surface area contributed by atoms with Crippen LogP contribution in [0.2, 0.25) is 0 Å². The van der Waals surface area contributed by atoms with Gasteiger partial charge in [-0.25, -0.2) is 0 Å². The molecule has 0 aliphatic rings. The van der Waals surface area contributed by atoms with Gasteiger partial charge in [-0.15, -0.1) is 11.6 Å². The molecule has 0 aliphatic carbocycles. The second kappa shape index (κ2) is 6.07. The van der Waals surface area contributed by atoms with Gasteiger partial charge >= 0.3 is 0 Å². The third-order valence-corrected chi connectivity index (χ3v) is 6.77. The standard InChI is InChI=1S/C15H17ClOSi/c1-12-3-7-14(8-4-12)18(11-16)15-9-5-13(17-2)6-10-15/h3-10,18H,11H2,1-2H3. The zero-order valence-electron chi connectivity index (χ0n) is 10.7. The summed E-state index contributed by atoms with van der Waals surface area (Å²) in [7, 11) is 0.414. The smallest absolute Gasteiger partial charge is 0.118 e. The van der Waals surface area contributed by atoms with Crippen LogP contribution < -0.4 is 15.1 Å². The Labute approximate surface area is 115 Å². The Kier molecular flexibility index (Phi) is 4.45. The van der Waals surface area contributed by atoms with Gasteiger partial charge in [0, 0.05) is 5.50 Å². The second-order valence-electron chi connectivity index (χ2n) is 4.39. The van der Waals surface area contributed by atoms with Crippen molar-refractivity contribution in [2.24, 2.45) is 0 Å². The average Bonchev–Trinajstić information content (AvgIpc) is 2.42. The topological polar surface area (TPSA) is 9.23 Å². The van der Waals surface area contributed by atoms with E-state index >= 15 is 0 Å². The first-order chi connectivity index (χ1) is 8.74. The first kappa shape index (κ1) is 13.2. The number of aryl methyl sites for hydroxylation is 1. The van der Waals surface area contributed by atoms with E-state index in [4.69, 9.17) is 16.3 Å². The number of alkyl halides is 1. The van der Waals surface area contributed by atoms with Gasteiger partial charge in [0.25, 0.3) is 0 Å². The summed E-state index contributed by atoms with van der Waals surface area (Å²) >= 11 is 6.18. The highest BCUT2D eigenvalue weighted by molar-refractivity contribution is 6.89. The largest absolute Gasteiger partial charge is 0.497 e. The van der Waals surface area contributed by atoms with E-state index in [9.17, 15) is 0 Å². The molecule has 2 aromatic carbocycles. The Morgan fingerprint density at radius 3 is 1.89 bits per heavy atom. The van der Waals surface area contributed by atoms with Crippen molar-refractivity contribution in [1.29, 1.82) is 0 Å². The molecule has 1 unspecified atom stereocenters. The number of benzene rings is 2. The van der Waals surface area contributed by atoms with Crippen LogP contribution in [-0.4, -0.2) is 21.4 Å². The number of methoxy groups -OCH3 is 1. The summed E-state index contributed by atoms with van der Waals surface area (Å²) in [5.41, 5.74) is 2.01. The number of halogens is 1. The van der Waals surface area contributed by atoms with Gasteiger partial charge in [-0.3, -0.25) is 0 Å². The minimum absolute atomic E-state index is 0.718. The fourth-order valence-corrected chi connectivity index (χ4v) is 5.13. The summed E-state index contributed by atoms with van der Waals surface area (Å²) in [4.78, 5) is 0. The Bertz CT molecular complexity index is 493.